The fourth-order valence-electron chi connectivity index (χ4n) is 3.07. The van der Waals surface area contributed by atoms with Gasteiger partial charge >= 0.3 is 5.97 Å². The number of fused-ring (bicyclic) bond motifs is 1. The number of allylic oxidation sites excluding steroid dienone is 1. The number of nitrogens with one attached hydrogen (secondary N) is 1. The van der Waals surface area contributed by atoms with Crippen molar-refractivity contribution in [2.45, 2.75) is 31.0 Å². The molecule has 1 saturated heterocycles. The summed E-state index contributed by atoms with van der Waals surface area (Å²) in [6.45, 7) is 0. The molecule has 0 radical (unpaired) electrons. The maximum atomic E-state index is 12.3. The number of benzene rings is 1. The van der Waals surface area contributed by atoms with Gasteiger partial charge in [-0.1, -0.05) is 41.9 Å². The van der Waals surface area contributed by atoms with Crippen LogP contribution in [0.2, 0.25) is 0 Å². The van der Waals surface area contributed by atoms with E-state index in [1.807, 2.05) is 6.07 Å². The van der Waals surface area contributed by atoms with E-state index in [0.29, 0.717) is 18.4 Å². The Kier molecular flexibility index (Phi) is 5.72. The van der Waals surface area contributed by atoms with Gasteiger partial charge in [-0.2, -0.15) is 0 Å². The minimum Gasteiger partial charge on any atom is -0.477 e. The minimum absolute atomic E-state index is 0. The number of carbonyl (C=O) groups is 3. The molecule has 1 fully saturated rings. The molecule has 9 heteroatoms. The van der Waals surface area contributed by atoms with E-state index in [9.17, 15) is 19.5 Å². The third-order valence-electron chi connectivity index (χ3n) is 4.32. The van der Waals surface area contributed by atoms with Gasteiger partial charge in [0.15, 0.2) is 0 Å². The first-order chi connectivity index (χ1) is 11.4. The third kappa shape index (κ3) is 3.35. The van der Waals surface area contributed by atoms with Crippen molar-refractivity contribution in [3.05, 3.63) is 46.6 Å². The molecule has 7 nitrogen and oxygen atoms in total. The summed E-state index contributed by atoms with van der Waals surface area (Å²) in [7, 11) is 0. The number of nitrogens with zero attached hydrogens (tertiary/aromatic N) is 1. The number of β-lactam (4-membered cyclic amide) rings is 1. The number of nitrogens with two attached hydrogens (primary N) is 1. The molecule has 0 unspecified atom stereocenters. The smallest absolute Gasteiger partial charge is 0.353 e. The van der Waals surface area contributed by atoms with Crippen LogP contribution in [0.5, 0.6) is 0 Å². The van der Waals surface area contributed by atoms with E-state index in [4.69, 9.17) is 17.3 Å². The molecule has 0 aromatic heterocycles. The Balaban J connectivity index is 0.00000225. The number of carboxylic acid groups (broad SMARTS) is 1. The normalized spacial score (nSPS) is 23.1. The monoisotopic (exact) mass is 385 g/mol. The van der Waals surface area contributed by atoms with Gasteiger partial charge < -0.3 is 16.2 Å². The van der Waals surface area contributed by atoms with E-state index < -0.39 is 35.9 Å². The van der Waals surface area contributed by atoms with Crippen LogP contribution in [0, 0.1) is 0 Å². The molecule has 1 aromatic rings. The highest BCUT2D eigenvalue weighted by Crippen LogP contribution is 2.38. The highest BCUT2D eigenvalue weighted by atomic mass is 35.5. The number of amides is 2. The van der Waals surface area contributed by atoms with E-state index in [0.717, 1.165) is 4.90 Å². The van der Waals surface area contributed by atoms with Gasteiger partial charge in [0.2, 0.25) is 5.91 Å². The van der Waals surface area contributed by atoms with Gasteiger partial charge in [-0.3, -0.25) is 14.5 Å². The Morgan fingerprint density at radius 3 is 2.56 bits per heavy atom. The standard InChI is InChI=1S/C16H16ClN3O4.ClH/c17-9-6-7-10-12(15(22)20(10)13(9)16(23)24)19-14(21)11(18)8-4-2-1-3-5-8;/h1-5,10-12H,6-7,18H2,(H,19,21)(H,23,24);1H/t10-,11-,12+;/m1./s1. The lowest BCUT2D eigenvalue weighted by Crippen LogP contribution is -2.72. The Morgan fingerprint density at radius 1 is 1.32 bits per heavy atom. The van der Waals surface area contributed by atoms with Gasteiger partial charge in [-0.15, -0.1) is 12.4 Å². The lowest BCUT2D eigenvalue weighted by atomic mass is 9.86. The maximum absolute atomic E-state index is 12.3. The highest BCUT2D eigenvalue weighted by Gasteiger charge is 2.53. The summed E-state index contributed by atoms with van der Waals surface area (Å²) in [5.74, 6) is -2.20. The summed E-state index contributed by atoms with van der Waals surface area (Å²) in [6.07, 6.45) is 0.849. The van der Waals surface area contributed by atoms with Crippen molar-refractivity contribution in [2.75, 3.05) is 0 Å². The second-order valence-corrected chi connectivity index (χ2v) is 6.20. The van der Waals surface area contributed by atoms with Crippen LogP contribution in [0.25, 0.3) is 0 Å². The summed E-state index contributed by atoms with van der Waals surface area (Å²) < 4.78 is 0. The van der Waals surface area contributed by atoms with Gasteiger partial charge in [0.25, 0.3) is 5.91 Å². The first-order valence-electron chi connectivity index (χ1n) is 7.47. The number of aliphatic carboxylic acids is 1. The lowest BCUT2D eigenvalue weighted by Gasteiger charge is -2.49. The van der Waals surface area contributed by atoms with E-state index in [1.165, 1.54) is 0 Å². The number of carbonyl (C=O) groups excluding carboxylic acids is 2. The quantitative estimate of drug-likeness (QED) is 0.672. The van der Waals surface area contributed by atoms with Crippen LogP contribution in [-0.4, -0.2) is 39.9 Å². The van der Waals surface area contributed by atoms with Gasteiger partial charge in [-0.05, 0) is 18.4 Å². The largest absolute Gasteiger partial charge is 0.477 e. The van der Waals surface area contributed by atoms with Crippen LogP contribution in [0.3, 0.4) is 0 Å². The van der Waals surface area contributed by atoms with E-state index in [1.54, 1.807) is 24.3 Å². The number of hydrogen-bond acceptors (Lipinski definition) is 4. The zero-order valence-electron chi connectivity index (χ0n) is 13.0. The molecule has 25 heavy (non-hydrogen) atoms. The van der Waals surface area contributed by atoms with Crippen LogP contribution in [0.15, 0.2) is 41.1 Å². The van der Waals surface area contributed by atoms with E-state index >= 15 is 0 Å². The Bertz CT molecular complexity index is 738. The summed E-state index contributed by atoms with van der Waals surface area (Å²) in [5.41, 5.74) is 6.35. The molecule has 0 saturated carbocycles. The van der Waals surface area contributed by atoms with Crippen molar-refractivity contribution < 1.29 is 19.5 Å². The molecular weight excluding hydrogens is 369 g/mol. The molecule has 3 atom stereocenters. The topological polar surface area (TPSA) is 113 Å². The van der Waals surface area contributed by atoms with E-state index in [-0.39, 0.29) is 23.1 Å². The maximum Gasteiger partial charge on any atom is 0.353 e. The SMILES string of the molecule is Cl.N[C@@H](C(=O)N[C@@H]1C(=O)N2C(C(=O)O)=C(Cl)CC[C@H]12)c1ccccc1. The molecule has 1 aromatic carbocycles. The molecule has 2 aliphatic rings. The van der Waals surface area contributed by atoms with Crippen LogP contribution in [-0.2, 0) is 14.4 Å². The second kappa shape index (κ2) is 7.43. The molecule has 4 N–H and O–H groups in total. The highest BCUT2D eigenvalue weighted by molar-refractivity contribution is 6.32. The Morgan fingerprint density at radius 2 is 1.96 bits per heavy atom. The fourth-order valence-corrected chi connectivity index (χ4v) is 3.35. The molecular formula is C16H17Cl2N3O4. The van der Waals surface area contributed by atoms with Crippen LogP contribution in [0.1, 0.15) is 24.4 Å². The summed E-state index contributed by atoms with van der Waals surface area (Å²) >= 11 is 5.92. The lowest BCUT2D eigenvalue weighted by molar-refractivity contribution is -0.156. The predicted molar refractivity (Wildman–Crippen MR) is 92.9 cm³/mol. The molecule has 0 bridgehead atoms. The van der Waals surface area contributed by atoms with Crippen molar-refractivity contribution >= 4 is 41.8 Å². The summed E-state index contributed by atoms with van der Waals surface area (Å²) in [6, 6.07) is 6.74. The number of rotatable bonds is 4. The predicted octanol–water partition coefficient (Wildman–Crippen LogP) is 1.13. The van der Waals surface area contributed by atoms with Gasteiger partial charge in [-0.25, -0.2) is 4.79 Å². The fraction of sp³-hybridized carbons (Fsp3) is 0.312. The molecule has 134 valence electrons. The number of carboxylic acids is 1. The Labute approximate surface area is 155 Å². The molecule has 0 spiro atoms. The average Bonchev–Trinajstić information content (AvgIpc) is 2.59. The first kappa shape index (κ1) is 19.2. The third-order valence-corrected chi connectivity index (χ3v) is 4.69. The molecule has 2 aliphatic heterocycles. The van der Waals surface area contributed by atoms with Crippen molar-refractivity contribution in [3.63, 3.8) is 0 Å². The zero-order chi connectivity index (χ0) is 17.4. The van der Waals surface area contributed by atoms with E-state index in [2.05, 4.69) is 5.32 Å². The second-order valence-electron chi connectivity index (χ2n) is 5.75. The molecule has 0 aliphatic carbocycles. The van der Waals surface area contributed by atoms with Gasteiger partial charge in [0, 0.05) is 5.03 Å². The van der Waals surface area contributed by atoms with Crippen molar-refractivity contribution in [1.82, 2.24) is 10.2 Å². The summed E-state index contributed by atoms with van der Waals surface area (Å²) in [4.78, 5) is 37.0. The molecule has 3 rings (SSSR count). The van der Waals surface area contributed by atoms with Crippen molar-refractivity contribution in [2.24, 2.45) is 5.73 Å². The van der Waals surface area contributed by atoms with Gasteiger partial charge in [0.1, 0.15) is 17.8 Å². The minimum atomic E-state index is -1.25. The molecule has 2 heterocycles. The first-order valence-corrected chi connectivity index (χ1v) is 7.85. The Hall–Kier alpha value is -2.09. The van der Waals surface area contributed by atoms with Crippen molar-refractivity contribution in [3.8, 4) is 0 Å². The molecule has 2 amide bonds. The number of halogens is 2. The van der Waals surface area contributed by atoms with Crippen molar-refractivity contribution in [1.29, 1.82) is 0 Å². The van der Waals surface area contributed by atoms with Crippen LogP contribution < -0.4 is 11.1 Å². The average molecular weight is 386 g/mol. The van der Waals surface area contributed by atoms with Crippen LogP contribution in [0.4, 0.5) is 0 Å². The summed E-state index contributed by atoms with van der Waals surface area (Å²) in [5, 5.41) is 12.0. The van der Waals surface area contributed by atoms with Gasteiger partial charge in [0.05, 0.1) is 6.04 Å². The van der Waals surface area contributed by atoms with Crippen LogP contribution >= 0.6 is 24.0 Å². The number of hydrogen-bond donors (Lipinski definition) is 3. The zero-order valence-corrected chi connectivity index (χ0v) is 14.6.